The Morgan fingerprint density at radius 2 is 1.88 bits per heavy atom. The van der Waals surface area contributed by atoms with E-state index >= 15 is 0 Å². The summed E-state index contributed by atoms with van der Waals surface area (Å²) in [6.07, 6.45) is 0.247. The highest BCUT2D eigenvalue weighted by Gasteiger charge is 2.26. The number of phosphoric ester groups is 1. The molecule has 0 aliphatic heterocycles. The molecule has 7 nitrogen and oxygen atoms in total. The van der Waals surface area contributed by atoms with Crippen LogP contribution in [0.2, 0.25) is 0 Å². The molecule has 1 atom stereocenters. The fourth-order valence-electron chi connectivity index (χ4n) is 1.18. The fourth-order valence-corrected chi connectivity index (χ4v) is 1.66. The lowest BCUT2D eigenvalue weighted by Gasteiger charge is -2.27. The summed E-state index contributed by atoms with van der Waals surface area (Å²) in [5.41, 5.74) is -0.0168. The maximum absolute atomic E-state index is 10.8. The van der Waals surface area contributed by atoms with Crippen molar-refractivity contribution in [2.45, 2.75) is 13.0 Å². The summed E-state index contributed by atoms with van der Waals surface area (Å²) in [6.45, 7) is 1.59. The van der Waals surface area contributed by atoms with Crippen LogP contribution >= 0.6 is 7.82 Å². The van der Waals surface area contributed by atoms with E-state index in [1.807, 2.05) is 0 Å². The molecule has 0 fully saturated rings. The largest absolute Gasteiger partial charge is 0.478 e. The maximum Gasteiger partial charge on any atom is 0.470 e. The Hall–Kier alpha value is -0.720. The Morgan fingerprint density at radius 3 is 2.18 bits per heavy atom. The van der Waals surface area contributed by atoms with Gasteiger partial charge in [-0.1, -0.05) is 0 Å². The normalized spacial score (nSPS) is 15.8. The minimum atomic E-state index is -4.64. The van der Waals surface area contributed by atoms with Crippen LogP contribution in [-0.2, 0) is 13.9 Å². The second kappa shape index (κ2) is 5.75. The minimum Gasteiger partial charge on any atom is -0.478 e. The summed E-state index contributed by atoms with van der Waals surface area (Å²) in [5.74, 6) is -1.15. The van der Waals surface area contributed by atoms with Crippen molar-refractivity contribution >= 4 is 13.8 Å². The standard InChI is InChI=1S/C9H18NO6P/c1-7(9(11)12)5-8(6-10(2,3)4)16-17(13,14)15/h5,8H,6H2,1-4H3,(H2-,11,12,13,14,15)/p+1. The van der Waals surface area contributed by atoms with E-state index in [-0.39, 0.29) is 12.1 Å². The van der Waals surface area contributed by atoms with Crippen molar-refractivity contribution in [3.63, 3.8) is 0 Å². The van der Waals surface area contributed by atoms with Gasteiger partial charge in [-0.25, -0.2) is 9.36 Å². The third-order valence-corrected chi connectivity index (χ3v) is 2.32. The molecule has 0 aliphatic rings. The van der Waals surface area contributed by atoms with Crippen molar-refractivity contribution in [3.8, 4) is 0 Å². The Bertz CT molecular complexity index is 353. The molecule has 0 aromatic heterocycles. The monoisotopic (exact) mass is 268 g/mol. The van der Waals surface area contributed by atoms with E-state index in [0.29, 0.717) is 4.48 Å². The number of phosphoric acid groups is 1. The lowest BCUT2D eigenvalue weighted by molar-refractivity contribution is -0.872. The van der Waals surface area contributed by atoms with Crippen LogP contribution in [0.4, 0.5) is 0 Å². The van der Waals surface area contributed by atoms with Gasteiger partial charge in [0, 0.05) is 5.57 Å². The van der Waals surface area contributed by atoms with Crippen LogP contribution in [0.3, 0.4) is 0 Å². The number of carbonyl (C=O) groups is 1. The topological polar surface area (TPSA) is 104 Å². The van der Waals surface area contributed by atoms with E-state index in [4.69, 9.17) is 14.9 Å². The smallest absolute Gasteiger partial charge is 0.470 e. The lowest BCUT2D eigenvalue weighted by Crippen LogP contribution is -2.41. The molecule has 100 valence electrons. The van der Waals surface area contributed by atoms with Crippen LogP contribution in [0.1, 0.15) is 6.92 Å². The number of quaternary nitrogens is 1. The van der Waals surface area contributed by atoms with Crippen molar-refractivity contribution in [2.75, 3.05) is 27.7 Å². The Labute approximate surface area is 100 Å². The highest BCUT2D eigenvalue weighted by Crippen LogP contribution is 2.38. The van der Waals surface area contributed by atoms with Gasteiger partial charge in [0.1, 0.15) is 12.6 Å². The third kappa shape index (κ3) is 9.02. The van der Waals surface area contributed by atoms with Crippen molar-refractivity contribution < 1.29 is 33.3 Å². The van der Waals surface area contributed by atoms with Gasteiger partial charge >= 0.3 is 13.8 Å². The molecule has 0 amide bonds. The zero-order valence-corrected chi connectivity index (χ0v) is 11.2. The van der Waals surface area contributed by atoms with Gasteiger partial charge in [0.25, 0.3) is 0 Å². The average Bonchev–Trinajstić information content (AvgIpc) is 1.96. The number of nitrogens with zero attached hydrogens (tertiary/aromatic N) is 1. The second-order valence-corrected chi connectivity index (χ2v) is 5.95. The third-order valence-electron chi connectivity index (χ3n) is 1.77. The number of carboxylic acids is 1. The Balaban J connectivity index is 4.93. The summed E-state index contributed by atoms with van der Waals surface area (Å²) in [6, 6.07) is 0. The van der Waals surface area contributed by atoms with Gasteiger partial charge in [-0.15, -0.1) is 0 Å². The SMILES string of the molecule is CC(=CC(C[N+](C)(C)C)OP(=O)(O)O)C(=O)O. The first-order valence-corrected chi connectivity index (χ1v) is 6.40. The predicted octanol–water partition coefficient (Wildman–Crippen LogP) is 0.201. The van der Waals surface area contributed by atoms with E-state index in [0.717, 1.165) is 0 Å². The number of aliphatic carboxylic acids is 1. The molecule has 0 aliphatic carbocycles. The molecule has 0 spiro atoms. The first kappa shape index (κ1) is 16.3. The average molecular weight is 268 g/mol. The van der Waals surface area contributed by atoms with Crippen LogP contribution in [0.5, 0.6) is 0 Å². The number of rotatable bonds is 6. The van der Waals surface area contributed by atoms with Crippen LogP contribution in [0, 0.1) is 0 Å². The Morgan fingerprint density at radius 1 is 1.41 bits per heavy atom. The molecule has 0 heterocycles. The van der Waals surface area contributed by atoms with Crippen molar-refractivity contribution in [3.05, 3.63) is 11.6 Å². The molecule has 0 aromatic rings. The predicted molar refractivity (Wildman–Crippen MR) is 61.2 cm³/mol. The highest BCUT2D eigenvalue weighted by molar-refractivity contribution is 7.46. The van der Waals surface area contributed by atoms with E-state index < -0.39 is 19.9 Å². The molecule has 17 heavy (non-hydrogen) atoms. The first-order chi connectivity index (χ1) is 7.41. The first-order valence-electron chi connectivity index (χ1n) is 4.87. The molecule has 3 N–H and O–H groups in total. The van der Waals surface area contributed by atoms with Crippen LogP contribution in [0.25, 0.3) is 0 Å². The zero-order chi connectivity index (χ0) is 13.9. The van der Waals surface area contributed by atoms with Gasteiger partial charge in [-0.05, 0) is 13.0 Å². The van der Waals surface area contributed by atoms with Crippen LogP contribution in [0.15, 0.2) is 11.6 Å². The van der Waals surface area contributed by atoms with Crippen LogP contribution in [-0.4, -0.2) is 59.1 Å². The zero-order valence-electron chi connectivity index (χ0n) is 10.3. The summed E-state index contributed by atoms with van der Waals surface area (Å²) in [4.78, 5) is 28.1. The maximum atomic E-state index is 10.8. The number of hydrogen-bond donors (Lipinski definition) is 3. The molecule has 0 saturated carbocycles. The van der Waals surface area contributed by atoms with Gasteiger partial charge in [0.2, 0.25) is 0 Å². The molecule has 0 bridgehead atoms. The summed E-state index contributed by atoms with van der Waals surface area (Å²) < 4.78 is 15.7. The molecular formula is C9H19NO6P+. The fraction of sp³-hybridized carbons (Fsp3) is 0.667. The summed E-state index contributed by atoms with van der Waals surface area (Å²) in [7, 11) is 0.775. The van der Waals surface area contributed by atoms with Gasteiger partial charge < -0.3 is 19.4 Å². The summed E-state index contributed by atoms with van der Waals surface area (Å²) in [5, 5.41) is 8.70. The number of carboxylic acid groups (broad SMARTS) is 1. The quantitative estimate of drug-likeness (QED) is 0.361. The van der Waals surface area contributed by atoms with E-state index in [1.54, 1.807) is 21.1 Å². The van der Waals surface area contributed by atoms with Gasteiger partial charge in [-0.3, -0.25) is 4.52 Å². The Kier molecular flexibility index (Phi) is 5.51. The van der Waals surface area contributed by atoms with E-state index in [1.165, 1.54) is 13.0 Å². The number of hydrogen-bond acceptors (Lipinski definition) is 3. The molecular weight excluding hydrogens is 249 g/mol. The highest BCUT2D eigenvalue weighted by atomic mass is 31.2. The van der Waals surface area contributed by atoms with Gasteiger partial charge in [-0.2, -0.15) is 0 Å². The molecule has 0 saturated heterocycles. The molecule has 0 rings (SSSR count). The second-order valence-electron chi connectivity index (χ2n) is 4.76. The molecule has 8 heteroatoms. The minimum absolute atomic E-state index is 0.0168. The summed E-state index contributed by atoms with van der Waals surface area (Å²) >= 11 is 0. The number of likely N-dealkylation sites (N-methyl/N-ethyl adjacent to an activating group) is 1. The van der Waals surface area contributed by atoms with Crippen molar-refractivity contribution in [1.82, 2.24) is 0 Å². The van der Waals surface area contributed by atoms with Gasteiger partial charge in [0.15, 0.2) is 0 Å². The van der Waals surface area contributed by atoms with E-state index in [9.17, 15) is 9.36 Å². The van der Waals surface area contributed by atoms with Crippen molar-refractivity contribution in [1.29, 1.82) is 0 Å². The van der Waals surface area contributed by atoms with E-state index in [2.05, 4.69) is 4.52 Å². The van der Waals surface area contributed by atoms with Crippen molar-refractivity contribution in [2.24, 2.45) is 0 Å². The van der Waals surface area contributed by atoms with Gasteiger partial charge in [0.05, 0.1) is 21.1 Å². The molecule has 1 unspecified atom stereocenters. The van der Waals surface area contributed by atoms with Crippen LogP contribution < -0.4 is 0 Å². The molecule has 0 radical (unpaired) electrons. The lowest BCUT2D eigenvalue weighted by atomic mass is 10.2. The molecule has 0 aromatic carbocycles.